The van der Waals surface area contributed by atoms with Gasteiger partial charge in [-0.25, -0.2) is 4.90 Å². The average Bonchev–Trinajstić information content (AvgIpc) is 3.22. The summed E-state index contributed by atoms with van der Waals surface area (Å²) in [6.07, 6.45) is 2.49. The quantitative estimate of drug-likeness (QED) is 0.121. The van der Waals surface area contributed by atoms with Gasteiger partial charge in [-0.15, -0.1) is 5.11 Å². The molecule has 4 aromatic rings. The molecule has 0 fully saturated rings. The van der Waals surface area contributed by atoms with E-state index in [1.165, 1.54) is 30.4 Å². The van der Waals surface area contributed by atoms with Crippen molar-refractivity contribution in [2.75, 3.05) is 10.6 Å². The number of aryl methyl sites for hydroxylation is 3. The Morgan fingerprint density at radius 2 is 1.35 bits per heavy atom. The fourth-order valence-corrected chi connectivity index (χ4v) is 5.45. The SMILES string of the molecule is Cc1cc(-c2ccc(N3C(=O)C=CC3=O)c(C)c2)ccc1N=Nc1ccc2c(S(=O)(=O)O)cc(C)c(N)c2c1O. The Kier molecular flexibility index (Phi) is 6.48. The van der Waals surface area contributed by atoms with Crippen LogP contribution in [0.5, 0.6) is 5.75 Å². The van der Waals surface area contributed by atoms with Crippen molar-refractivity contribution in [3.63, 3.8) is 0 Å². The Balaban J connectivity index is 1.46. The van der Waals surface area contributed by atoms with Crippen LogP contribution in [0.15, 0.2) is 81.9 Å². The number of nitrogens with zero attached hydrogens (tertiary/aromatic N) is 3. The van der Waals surface area contributed by atoms with Crippen LogP contribution in [0.25, 0.3) is 21.9 Å². The van der Waals surface area contributed by atoms with Crippen molar-refractivity contribution in [3.8, 4) is 16.9 Å². The highest BCUT2D eigenvalue weighted by Gasteiger charge is 2.26. The molecule has 4 aromatic carbocycles. The number of fused-ring (bicyclic) bond motifs is 1. The second-order valence-electron chi connectivity index (χ2n) is 9.48. The first-order valence-corrected chi connectivity index (χ1v) is 13.5. The maximum absolute atomic E-state index is 12.1. The molecule has 0 unspecified atom stereocenters. The molecule has 40 heavy (non-hydrogen) atoms. The summed E-state index contributed by atoms with van der Waals surface area (Å²) in [5.41, 5.74) is 11.1. The Hall–Kier alpha value is -4.87. The summed E-state index contributed by atoms with van der Waals surface area (Å²) >= 11 is 0. The highest BCUT2D eigenvalue weighted by Crippen LogP contribution is 2.42. The van der Waals surface area contributed by atoms with Crippen LogP contribution < -0.4 is 10.6 Å². The topological polar surface area (TPSA) is 163 Å². The van der Waals surface area contributed by atoms with E-state index in [0.29, 0.717) is 16.9 Å². The minimum atomic E-state index is -4.56. The van der Waals surface area contributed by atoms with Crippen LogP contribution in [0.4, 0.5) is 22.7 Å². The van der Waals surface area contributed by atoms with Gasteiger partial charge < -0.3 is 10.8 Å². The molecular formula is C29H24N4O6S. The molecule has 1 aliphatic heterocycles. The lowest BCUT2D eigenvalue weighted by Gasteiger charge is -2.17. The maximum Gasteiger partial charge on any atom is 0.295 e. The van der Waals surface area contributed by atoms with E-state index in [0.717, 1.165) is 27.2 Å². The monoisotopic (exact) mass is 556 g/mol. The van der Waals surface area contributed by atoms with E-state index in [-0.39, 0.29) is 44.6 Å². The molecule has 0 saturated heterocycles. The second-order valence-corrected chi connectivity index (χ2v) is 10.9. The normalized spacial score (nSPS) is 13.8. The fraction of sp³-hybridized carbons (Fsp3) is 0.103. The average molecular weight is 557 g/mol. The smallest absolute Gasteiger partial charge is 0.295 e. The number of nitrogen functional groups attached to an aromatic ring is 1. The fourth-order valence-electron chi connectivity index (χ4n) is 4.68. The van der Waals surface area contributed by atoms with Gasteiger partial charge in [0.05, 0.1) is 16.8 Å². The number of phenols is 1. The van der Waals surface area contributed by atoms with E-state index in [1.54, 1.807) is 19.1 Å². The molecule has 10 nitrogen and oxygen atoms in total. The van der Waals surface area contributed by atoms with Crippen LogP contribution in [-0.2, 0) is 19.7 Å². The van der Waals surface area contributed by atoms with E-state index < -0.39 is 10.1 Å². The zero-order chi connectivity index (χ0) is 28.9. The Bertz CT molecular complexity index is 1910. The van der Waals surface area contributed by atoms with Crippen LogP contribution in [0, 0.1) is 20.8 Å². The van der Waals surface area contributed by atoms with Gasteiger partial charge in [-0.05, 0) is 85.0 Å². The number of hydrogen-bond donors (Lipinski definition) is 3. The summed E-state index contributed by atoms with van der Waals surface area (Å²) < 4.78 is 33.4. The number of azo groups is 1. The van der Waals surface area contributed by atoms with Crippen LogP contribution in [0.1, 0.15) is 16.7 Å². The Morgan fingerprint density at radius 3 is 1.95 bits per heavy atom. The third kappa shape index (κ3) is 4.61. The summed E-state index contributed by atoms with van der Waals surface area (Å²) in [5, 5.41) is 19.5. The molecule has 5 rings (SSSR count). The first kappa shape index (κ1) is 26.7. The highest BCUT2D eigenvalue weighted by molar-refractivity contribution is 7.86. The first-order chi connectivity index (χ1) is 18.9. The van der Waals surface area contributed by atoms with Crippen LogP contribution in [0.3, 0.4) is 0 Å². The Morgan fingerprint density at radius 1 is 0.775 bits per heavy atom. The molecule has 0 atom stereocenters. The summed E-state index contributed by atoms with van der Waals surface area (Å²) in [5.74, 6) is -1.11. The molecule has 1 aliphatic rings. The van der Waals surface area contributed by atoms with Gasteiger partial charge in [-0.3, -0.25) is 14.1 Å². The number of rotatable bonds is 5. The molecule has 0 saturated carbocycles. The number of phenolic OH excluding ortho intramolecular Hbond substituents is 1. The summed E-state index contributed by atoms with van der Waals surface area (Å²) in [7, 11) is -4.56. The molecule has 4 N–H and O–H groups in total. The molecule has 0 radical (unpaired) electrons. The molecule has 202 valence electrons. The summed E-state index contributed by atoms with van der Waals surface area (Å²) in [6, 6.07) is 15.0. The lowest BCUT2D eigenvalue weighted by molar-refractivity contribution is -0.120. The molecular weight excluding hydrogens is 532 g/mol. The van der Waals surface area contributed by atoms with Crippen LogP contribution >= 0.6 is 0 Å². The predicted octanol–water partition coefficient (Wildman–Crippen LogP) is 5.81. The second kappa shape index (κ2) is 9.70. The van der Waals surface area contributed by atoms with Crippen molar-refractivity contribution in [2.24, 2.45) is 10.2 Å². The van der Waals surface area contributed by atoms with E-state index in [2.05, 4.69) is 10.2 Å². The third-order valence-corrected chi connectivity index (χ3v) is 7.68. The van der Waals surface area contributed by atoms with Crippen molar-refractivity contribution in [1.29, 1.82) is 0 Å². The minimum absolute atomic E-state index is 0.0584. The van der Waals surface area contributed by atoms with E-state index in [9.17, 15) is 27.7 Å². The van der Waals surface area contributed by atoms with Crippen molar-refractivity contribution >= 4 is 55.5 Å². The van der Waals surface area contributed by atoms with Crippen LogP contribution in [0.2, 0.25) is 0 Å². The number of carbonyl (C=O) groups is 2. The molecule has 0 aliphatic carbocycles. The van der Waals surface area contributed by atoms with E-state index in [1.807, 2.05) is 38.1 Å². The van der Waals surface area contributed by atoms with Crippen molar-refractivity contribution in [1.82, 2.24) is 0 Å². The number of benzene rings is 4. The number of amides is 2. The van der Waals surface area contributed by atoms with Gasteiger partial charge in [0.1, 0.15) is 10.6 Å². The number of hydrogen-bond acceptors (Lipinski definition) is 8. The largest absolute Gasteiger partial charge is 0.505 e. The van der Waals surface area contributed by atoms with Crippen molar-refractivity contribution < 1.29 is 27.7 Å². The number of anilines is 2. The first-order valence-electron chi connectivity index (χ1n) is 12.1. The van der Waals surface area contributed by atoms with Crippen molar-refractivity contribution in [3.05, 3.63) is 83.4 Å². The summed E-state index contributed by atoms with van der Waals surface area (Å²) in [6.45, 7) is 5.25. The maximum atomic E-state index is 12.1. The number of nitrogens with two attached hydrogens (primary N) is 1. The van der Waals surface area contributed by atoms with Gasteiger partial charge in [0.25, 0.3) is 21.9 Å². The third-order valence-electron chi connectivity index (χ3n) is 6.78. The van der Waals surface area contributed by atoms with Gasteiger partial charge in [0.2, 0.25) is 0 Å². The lowest BCUT2D eigenvalue weighted by Crippen LogP contribution is -2.30. The van der Waals surface area contributed by atoms with E-state index >= 15 is 0 Å². The van der Waals surface area contributed by atoms with Crippen molar-refractivity contribution in [2.45, 2.75) is 25.7 Å². The number of imide groups is 1. The standard InChI is InChI=1S/C29H24N4O6S/c1-15-12-18(19-5-9-23(16(2)13-19)33-25(34)10-11-26(33)35)4-7-21(15)31-32-22-8-6-20-24(40(37,38)39)14-17(3)28(30)27(20)29(22)36/h4-14,36H,30H2,1-3H3,(H,37,38,39). The predicted molar refractivity (Wildman–Crippen MR) is 152 cm³/mol. The molecule has 0 aromatic heterocycles. The van der Waals surface area contributed by atoms with E-state index in [4.69, 9.17) is 5.73 Å². The zero-order valence-corrected chi connectivity index (χ0v) is 22.5. The molecule has 11 heteroatoms. The summed E-state index contributed by atoms with van der Waals surface area (Å²) in [4.78, 5) is 24.9. The highest BCUT2D eigenvalue weighted by atomic mass is 32.2. The zero-order valence-electron chi connectivity index (χ0n) is 21.7. The van der Waals surface area contributed by atoms with Gasteiger partial charge in [-0.1, -0.05) is 18.2 Å². The number of carbonyl (C=O) groups excluding carboxylic acids is 2. The number of aromatic hydroxyl groups is 1. The van der Waals surface area contributed by atoms with Gasteiger partial charge in [0.15, 0.2) is 5.75 Å². The molecule has 1 heterocycles. The lowest BCUT2D eigenvalue weighted by atomic mass is 9.99. The van der Waals surface area contributed by atoms with Gasteiger partial charge in [-0.2, -0.15) is 13.5 Å². The molecule has 0 bridgehead atoms. The van der Waals surface area contributed by atoms with Crippen LogP contribution in [-0.4, -0.2) is 29.9 Å². The molecule has 2 amide bonds. The van der Waals surface area contributed by atoms with Gasteiger partial charge >= 0.3 is 0 Å². The Labute approximate surface area is 229 Å². The minimum Gasteiger partial charge on any atom is -0.505 e. The molecule has 0 spiro atoms. The van der Waals surface area contributed by atoms with Gasteiger partial charge in [0, 0.05) is 23.2 Å².